The molecule has 2 aromatic carbocycles. The fourth-order valence-electron chi connectivity index (χ4n) is 5.19. The Labute approximate surface area is 193 Å². The third kappa shape index (κ3) is 3.70. The van der Waals surface area contributed by atoms with Crippen molar-refractivity contribution in [2.45, 2.75) is 51.1 Å². The second-order valence-electron chi connectivity index (χ2n) is 9.13. The van der Waals surface area contributed by atoms with Crippen molar-refractivity contribution in [3.05, 3.63) is 72.2 Å². The van der Waals surface area contributed by atoms with Crippen LogP contribution in [0.1, 0.15) is 49.7 Å². The van der Waals surface area contributed by atoms with Gasteiger partial charge in [-0.15, -0.1) is 10.2 Å². The summed E-state index contributed by atoms with van der Waals surface area (Å²) in [5.41, 5.74) is 7.48. The number of benzene rings is 2. The van der Waals surface area contributed by atoms with E-state index in [9.17, 15) is 0 Å². The molecule has 3 heterocycles. The number of hydrogen-bond acceptors (Lipinski definition) is 4. The van der Waals surface area contributed by atoms with E-state index in [1.54, 1.807) is 6.33 Å². The van der Waals surface area contributed by atoms with Gasteiger partial charge in [-0.25, -0.2) is 0 Å². The van der Waals surface area contributed by atoms with Crippen LogP contribution in [0.15, 0.2) is 61.1 Å². The molecular formula is C27H26N6. The molecule has 0 bridgehead atoms. The van der Waals surface area contributed by atoms with Gasteiger partial charge in [0.1, 0.15) is 6.33 Å². The van der Waals surface area contributed by atoms with Crippen molar-refractivity contribution < 1.29 is 0 Å². The smallest absolute Gasteiger partial charge is 0.185 e. The normalized spacial score (nSPS) is 15.5. The van der Waals surface area contributed by atoms with E-state index in [0.29, 0.717) is 11.6 Å². The molecule has 0 amide bonds. The number of rotatable bonds is 3. The molecule has 33 heavy (non-hydrogen) atoms. The topological polar surface area (TPSA) is 71.5 Å². The Morgan fingerprint density at radius 1 is 0.939 bits per heavy atom. The van der Waals surface area contributed by atoms with Gasteiger partial charge in [-0.1, -0.05) is 37.8 Å². The molecule has 2 aromatic heterocycles. The van der Waals surface area contributed by atoms with Gasteiger partial charge in [0.15, 0.2) is 5.82 Å². The predicted octanol–water partition coefficient (Wildman–Crippen LogP) is 5.77. The van der Waals surface area contributed by atoms with Crippen LogP contribution in [0.25, 0.3) is 28.3 Å². The van der Waals surface area contributed by atoms with Gasteiger partial charge in [0.2, 0.25) is 0 Å². The van der Waals surface area contributed by atoms with Crippen molar-refractivity contribution in [3.8, 4) is 34.4 Å². The zero-order valence-corrected chi connectivity index (χ0v) is 18.5. The van der Waals surface area contributed by atoms with Gasteiger partial charge >= 0.3 is 0 Å². The summed E-state index contributed by atoms with van der Waals surface area (Å²) in [7, 11) is 0. The zero-order valence-electron chi connectivity index (χ0n) is 18.5. The molecule has 1 saturated carbocycles. The molecular weight excluding hydrogens is 408 g/mol. The first-order valence-corrected chi connectivity index (χ1v) is 11.8. The van der Waals surface area contributed by atoms with Crippen molar-refractivity contribution >= 4 is 5.69 Å². The van der Waals surface area contributed by atoms with Gasteiger partial charge in [0.25, 0.3) is 0 Å². The molecule has 1 aliphatic carbocycles. The van der Waals surface area contributed by atoms with Crippen LogP contribution in [-0.2, 0) is 6.54 Å². The summed E-state index contributed by atoms with van der Waals surface area (Å²) in [5, 5.41) is 21.6. The Hall–Kier alpha value is -3.85. The summed E-state index contributed by atoms with van der Waals surface area (Å²) in [6, 6.07) is 19.3. The molecule has 0 saturated heterocycles. The molecule has 4 aromatic rings. The molecule has 1 N–H and O–H groups in total. The van der Waals surface area contributed by atoms with E-state index in [1.165, 1.54) is 49.8 Å². The second kappa shape index (κ2) is 8.25. The number of nitrogens with one attached hydrogen (secondary N) is 1. The lowest BCUT2D eigenvalue weighted by Crippen LogP contribution is -2.18. The van der Waals surface area contributed by atoms with Crippen molar-refractivity contribution in [3.63, 3.8) is 0 Å². The number of nitrogens with zero attached hydrogens (tertiary/aromatic N) is 5. The molecule has 1 fully saturated rings. The van der Waals surface area contributed by atoms with Gasteiger partial charge in [-0.3, -0.25) is 4.57 Å². The first kappa shape index (κ1) is 19.8. The van der Waals surface area contributed by atoms with E-state index in [2.05, 4.69) is 61.2 Å². The number of aromatic nitrogens is 4. The van der Waals surface area contributed by atoms with Crippen LogP contribution in [0, 0.1) is 11.3 Å². The molecule has 164 valence electrons. The van der Waals surface area contributed by atoms with Crippen LogP contribution in [0.5, 0.6) is 0 Å². The van der Waals surface area contributed by atoms with E-state index < -0.39 is 0 Å². The highest BCUT2D eigenvalue weighted by Gasteiger charge is 2.22. The minimum absolute atomic E-state index is 0.562. The van der Waals surface area contributed by atoms with E-state index in [4.69, 9.17) is 5.26 Å². The monoisotopic (exact) mass is 434 g/mol. The molecule has 2 aliphatic rings. The number of fused-ring (bicyclic) bond motifs is 5. The lowest BCUT2D eigenvalue weighted by atomic mass is 10.1. The summed E-state index contributed by atoms with van der Waals surface area (Å²) < 4.78 is 4.35. The quantitative estimate of drug-likeness (QED) is 0.366. The predicted molar refractivity (Wildman–Crippen MR) is 129 cm³/mol. The number of anilines is 1. The lowest BCUT2D eigenvalue weighted by molar-refractivity contribution is 0.620. The molecule has 6 nitrogen and oxygen atoms in total. The summed E-state index contributed by atoms with van der Waals surface area (Å²) in [5.74, 6) is 0.845. The van der Waals surface area contributed by atoms with Crippen molar-refractivity contribution in [1.82, 2.24) is 19.3 Å². The van der Waals surface area contributed by atoms with Gasteiger partial charge < -0.3 is 9.88 Å². The number of nitriles is 1. The van der Waals surface area contributed by atoms with E-state index in [1.807, 2.05) is 24.3 Å². The zero-order chi connectivity index (χ0) is 22.2. The average Bonchev–Trinajstić information content (AvgIpc) is 3.37. The fourth-order valence-corrected chi connectivity index (χ4v) is 5.19. The lowest BCUT2D eigenvalue weighted by Gasteiger charge is -2.19. The van der Waals surface area contributed by atoms with E-state index in [0.717, 1.165) is 34.9 Å². The van der Waals surface area contributed by atoms with Crippen molar-refractivity contribution in [2.75, 3.05) is 5.32 Å². The molecule has 1 aliphatic heterocycles. The van der Waals surface area contributed by atoms with Gasteiger partial charge in [-0.2, -0.15) is 5.26 Å². The number of hydrogen-bond donors (Lipinski definition) is 1. The van der Waals surface area contributed by atoms with Crippen LogP contribution in [0.2, 0.25) is 0 Å². The third-order valence-corrected chi connectivity index (χ3v) is 6.93. The molecule has 0 spiro atoms. The summed E-state index contributed by atoms with van der Waals surface area (Å²) in [6.07, 6.45) is 11.8. The molecule has 0 radical (unpaired) electrons. The Morgan fingerprint density at radius 2 is 1.76 bits per heavy atom. The van der Waals surface area contributed by atoms with Gasteiger partial charge in [-0.05, 0) is 60.4 Å². The second-order valence-corrected chi connectivity index (χ2v) is 9.13. The van der Waals surface area contributed by atoms with Crippen LogP contribution >= 0.6 is 0 Å². The maximum Gasteiger partial charge on any atom is 0.185 e. The molecule has 0 atom stereocenters. The first-order chi connectivity index (χ1) is 16.3. The Kier molecular flexibility index (Phi) is 4.95. The summed E-state index contributed by atoms with van der Waals surface area (Å²) in [6.45, 7) is 0.768. The fraction of sp³-hybridized carbons (Fsp3) is 0.296. The maximum absolute atomic E-state index is 9.10. The van der Waals surface area contributed by atoms with Crippen LogP contribution < -0.4 is 5.32 Å². The molecule has 0 unspecified atom stereocenters. The van der Waals surface area contributed by atoms with E-state index >= 15 is 0 Å². The van der Waals surface area contributed by atoms with Crippen LogP contribution in [0.4, 0.5) is 5.69 Å². The van der Waals surface area contributed by atoms with Gasteiger partial charge in [0, 0.05) is 30.0 Å². The summed E-state index contributed by atoms with van der Waals surface area (Å²) >= 11 is 0. The molecule has 6 heteroatoms. The maximum atomic E-state index is 9.10. The Balaban J connectivity index is 1.37. The van der Waals surface area contributed by atoms with Crippen molar-refractivity contribution in [2.24, 2.45) is 0 Å². The van der Waals surface area contributed by atoms with Crippen molar-refractivity contribution in [1.29, 1.82) is 5.26 Å². The largest absolute Gasteiger partial charge is 0.382 e. The Morgan fingerprint density at radius 3 is 2.55 bits per heavy atom. The Bertz CT molecular complexity index is 1330. The highest BCUT2D eigenvalue weighted by Crippen LogP contribution is 2.34. The SMILES string of the molecule is N#Cc1ccc(-c2cc3n(c2)Cc2cc(NC4CCCCCC4)ccc2-n2cnnc2-3)cc1. The minimum atomic E-state index is 0.562. The molecule has 6 rings (SSSR count). The first-order valence-electron chi connectivity index (χ1n) is 11.8. The van der Waals surface area contributed by atoms with Crippen LogP contribution in [0.3, 0.4) is 0 Å². The third-order valence-electron chi connectivity index (χ3n) is 6.93. The average molecular weight is 435 g/mol. The van der Waals surface area contributed by atoms with Gasteiger partial charge in [0.05, 0.1) is 23.0 Å². The summed E-state index contributed by atoms with van der Waals surface area (Å²) in [4.78, 5) is 0. The van der Waals surface area contributed by atoms with E-state index in [-0.39, 0.29) is 0 Å². The van der Waals surface area contributed by atoms with Crippen LogP contribution in [-0.4, -0.2) is 25.4 Å². The highest BCUT2D eigenvalue weighted by atomic mass is 15.3. The standard InChI is InChI=1S/C27H26N6/c28-15-19-7-9-20(10-8-19)21-14-26-27-31-29-18-33(27)25-12-11-24(13-22(25)17-32(26)16-21)30-23-5-3-1-2-4-6-23/h7-14,16,18,23,30H,1-6,17H2. The minimum Gasteiger partial charge on any atom is -0.382 e. The highest BCUT2D eigenvalue weighted by molar-refractivity contribution is 5.72.